The number of esters is 1. The Hall–Kier alpha value is -2.83. The first kappa shape index (κ1) is 16.5. The third kappa shape index (κ3) is 5.14. The number of hydrogen-bond acceptors (Lipinski definition) is 3. The van der Waals surface area contributed by atoms with Crippen LogP contribution in [0.2, 0.25) is 0 Å². The molecule has 0 spiro atoms. The van der Waals surface area contributed by atoms with Crippen molar-refractivity contribution in [2.45, 2.75) is 6.42 Å². The van der Waals surface area contributed by atoms with Gasteiger partial charge < -0.3 is 10.1 Å². The average molecular weight is 323 g/mol. The highest BCUT2D eigenvalue weighted by atomic mass is 19.1. The maximum absolute atomic E-state index is 13.3. The molecule has 0 unspecified atom stereocenters. The fourth-order valence-electron chi connectivity index (χ4n) is 1.74. The molecule has 0 aliphatic rings. The molecule has 23 heavy (non-hydrogen) atoms. The van der Waals surface area contributed by atoms with Gasteiger partial charge in [0.2, 0.25) is 0 Å². The second-order valence-corrected chi connectivity index (χ2v) is 4.64. The molecule has 4 nitrogen and oxygen atoms in total. The summed E-state index contributed by atoms with van der Waals surface area (Å²) in [7, 11) is 0. The van der Waals surface area contributed by atoms with E-state index in [0.717, 1.165) is 12.1 Å². The van der Waals surface area contributed by atoms with E-state index in [4.69, 9.17) is 4.74 Å². The molecule has 7 heteroatoms. The van der Waals surface area contributed by atoms with E-state index in [1.54, 1.807) is 0 Å². The third-order valence-corrected chi connectivity index (χ3v) is 2.83. The maximum Gasteiger partial charge on any atom is 0.310 e. The molecule has 0 aliphatic carbocycles. The fourth-order valence-corrected chi connectivity index (χ4v) is 1.74. The quantitative estimate of drug-likeness (QED) is 0.861. The van der Waals surface area contributed by atoms with Crippen molar-refractivity contribution in [3.05, 3.63) is 65.5 Å². The van der Waals surface area contributed by atoms with Crippen molar-refractivity contribution < 1.29 is 27.5 Å². The van der Waals surface area contributed by atoms with Gasteiger partial charge in [0, 0.05) is 6.07 Å². The van der Waals surface area contributed by atoms with Gasteiger partial charge in [0.05, 0.1) is 12.1 Å². The highest BCUT2D eigenvalue weighted by Gasteiger charge is 2.11. The van der Waals surface area contributed by atoms with Gasteiger partial charge in [-0.15, -0.1) is 0 Å². The third-order valence-electron chi connectivity index (χ3n) is 2.83. The Kier molecular flexibility index (Phi) is 5.35. The molecule has 2 rings (SSSR count). The number of anilines is 1. The van der Waals surface area contributed by atoms with Gasteiger partial charge in [-0.25, -0.2) is 13.2 Å². The lowest BCUT2D eigenvalue weighted by molar-refractivity contribution is -0.146. The minimum atomic E-state index is -0.934. The van der Waals surface area contributed by atoms with Crippen LogP contribution in [-0.4, -0.2) is 18.5 Å². The number of benzene rings is 2. The number of carbonyl (C=O) groups is 2. The molecule has 120 valence electrons. The number of carbonyl (C=O) groups excluding carboxylic acids is 2. The molecule has 0 radical (unpaired) electrons. The number of halogens is 3. The molecular formula is C16H12F3NO3. The van der Waals surface area contributed by atoms with Crippen molar-refractivity contribution in [1.82, 2.24) is 0 Å². The van der Waals surface area contributed by atoms with Gasteiger partial charge in [-0.3, -0.25) is 9.59 Å². The Bertz CT molecular complexity index is 717. The van der Waals surface area contributed by atoms with Crippen LogP contribution >= 0.6 is 0 Å². The van der Waals surface area contributed by atoms with Crippen molar-refractivity contribution in [3.63, 3.8) is 0 Å². The van der Waals surface area contributed by atoms with Gasteiger partial charge in [0.15, 0.2) is 6.61 Å². The molecule has 0 aliphatic heterocycles. The van der Waals surface area contributed by atoms with E-state index in [9.17, 15) is 22.8 Å². The molecule has 0 bridgehead atoms. The summed E-state index contributed by atoms with van der Waals surface area (Å²) in [5.74, 6) is -3.58. The summed E-state index contributed by atoms with van der Waals surface area (Å²) in [5.41, 5.74) is 0.312. The highest BCUT2D eigenvalue weighted by Crippen LogP contribution is 2.14. The molecule has 1 N–H and O–H groups in total. The minimum Gasteiger partial charge on any atom is -0.455 e. The first-order valence-corrected chi connectivity index (χ1v) is 6.59. The zero-order valence-corrected chi connectivity index (χ0v) is 11.8. The Morgan fingerprint density at radius 2 is 1.61 bits per heavy atom. The van der Waals surface area contributed by atoms with Gasteiger partial charge in [-0.05, 0) is 29.8 Å². The summed E-state index contributed by atoms with van der Waals surface area (Å²) in [6.45, 7) is -0.614. The Labute approximate surface area is 129 Å². The molecule has 0 heterocycles. The Balaban J connectivity index is 1.81. The van der Waals surface area contributed by atoms with Crippen molar-refractivity contribution in [1.29, 1.82) is 0 Å². The van der Waals surface area contributed by atoms with Crippen molar-refractivity contribution >= 4 is 17.6 Å². The summed E-state index contributed by atoms with van der Waals surface area (Å²) >= 11 is 0. The number of ether oxygens (including phenoxy) is 1. The summed E-state index contributed by atoms with van der Waals surface area (Å²) in [6.07, 6.45) is -0.127. The van der Waals surface area contributed by atoms with Crippen LogP contribution in [0, 0.1) is 17.5 Å². The Morgan fingerprint density at radius 3 is 2.26 bits per heavy atom. The predicted molar refractivity (Wildman–Crippen MR) is 76.1 cm³/mol. The summed E-state index contributed by atoms with van der Waals surface area (Å²) in [6, 6.07) is 7.91. The van der Waals surface area contributed by atoms with Crippen LogP contribution in [0.4, 0.5) is 18.9 Å². The van der Waals surface area contributed by atoms with E-state index >= 15 is 0 Å². The van der Waals surface area contributed by atoms with Gasteiger partial charge >= 0.3 is 5.97 Å². The molecule has 0 atom stereocenters. The van der Waals surface area contributed by atoms with Crippen LogP contribution in [0.15, 0.2) is 42.5 Å². The lowest BCUT2D eigenvalue weighted by atomic mass is 10.1. The van der Waals surface area contributed by atoms with Crippen LogP contribution in [0.25, 0.3) is 0 Å². The number of amides is 1. The van der Waals surface area contributed by atoms with E-state index in [0.29, 0.717) is 11.6 Å². The summed E-state index contributed by atoms with van der Waals surface area (Å²) in [4.78, 5) is 23.1. The normalized spacial score (nSPS) is 10.2. The molecule has 1 amide bonds. The van der Waals surface area contributed by atoms with Crippen LogP contribution in [0.1, 0.15) is 5.56 Å². The molecule has 2 aromatic carbocycles. The predicted octanol–water partition coefficient (Wildman–Crippen LogP) is 2.83. The molecule has 2 aromatic rings. The first-order chi connectivity index (χ1) is 10.9. The second kappa shape index (κ2) is 7.44. The fraction of sp³-hybridized carbons (Fsp3) is 0.125. The monoisotopic (exact) mass is 323 g/mol. The standard InChI is InChI=1S/C16H12F3NO3/c17-11-3-1-10(2-4-11)7-16(22)23-9-15(21)20-14-6-5-12(18)8-13(14)19/h1-6,8H,7,9H2,(H,20,21). The van der Waals surface area contributed by atoms with E-state index in [-0.39, 0.29) is 12.1 Å². The van der Waals surface area contributed by atoms with Gasteiger partial charge in [0.1, 0.15) is 17.5 Å². The largest absolute Gasteiger partial charge is 0.455 e. The van der Waals surface area contributed by atoms with Crippen LogP contribution in [0.5, 0.6) is 0 Å². The highest BCUT2D eigenvalue weighted by molar-refractivity contribution is 5.93. The topological polar surface area (TPSA) is 55.4 Å². The van der Waals surface area contributed by atoms with Crippen LogP contribution in [-0.2, 0) is 20.7 Å². The van der Waals surface area contributed by atoms with Crippen LogP contribution < -0.4 is 5.32 Å². The molecular weight excluding hydrogens is 311 g/mol. The zero-order chi connectivity index (χ0) is 16.8. The van der Waals surface area contributed by atoms with Gasteiger partial charge in [0.25, 0.3) is 5.91 Å². The molecule has 0 fully saturated rings. The first-order valence-electron chi connectivity index (χ1n) is 6.59. The molecule has 0 aromatic heterocycles. The molecule has 0 saturated heterocycles. The summed E-state index contributed by atoms with van der Waals surface area (Å²) < 4.78 is 43.5. The van der Waals surface area contributed by atoms with E-state index < -0.39 is 35.9 Å². The lowest BCUT2D eigenvalue weighted by Gasteiger charge is -2.07. The SMILES string of the molecule is O=C(COC(=O)Cc1ccc(F)cc1)Nc1ccc(F)cc1F. The van der Waals surface area contributed by atoms with E-state index in [1.165, 1.54) is 24.3 Å². The number of nitrogens with one attached hydrogen (secondary N) is 1. The molecule has 0 saturated carbocycles. The number of hydrogen-bond donors (Lipinski definition) is 1. The van der Waals surface area contributed by atoms with E-state index in [2.05, 4.69) is 5.32 Å². The van der Waals surface area contributed by atoms with Gasteiger partial charge in [-0.1, -0.05) is 12.1 Å². The average Bonchev–Trinajstić information content (AvgIpc) is 2.50. The Morgan fingerprint density at radius 1 is 0.957 bits per heavy atom. The summed E-state index contributed by atoms with van der Waals surface area (Å²) in [5, 5.41) is 2.16. The van der Waals surface area contributed by atoms with Gasteiger partial charge in [-0.2, -0.15) is 0 Å². The van der Waals surface area contributed by atoms with Crippen molar-refractivity contribution in [3.8, 4) is 0 Å². The zero-order valence-electron chi connectivity index (χ0n) is 11.8. The van der Waals surface area contributed by atoms with E-state index in [1.807, 2.05) is 0 Å². The maximum atomic E-state index is 13.3. The smallest absolute Gasteiger partial charge is 0.310 e. The second-order valence-electron chi connectivity index (χ2n) is 4.64. The lowest BCUT2D eigenvalue weighted by Crippen LogP contribution is -2.22. The van der Waals surface area contributed by atoms with Crippen molar-refractivity contribution in [2.75, 3.05) is 11.9 Å². The number of rotatable bonds is 5. The van der Waals surface area contributed by atoms with Crippen molar-refractivity contribution in [2.24, 2.45) is 0 Å². The minimum absolute atomic E-state index is 0.127. The van der Waals surface area contributed by atoms with Crippen LogP contribution in [0.3, 0.4) is 0 Å².